The summed E-state index contributed by atoms with van der Waals surface area (Å²) in [5, 5.41) is 17.2. The molecule has 0 aliphatic carbocycles. The summed E-state index contributed by atoms with van der Waals surface area (Å²) in [6, 6.07) is 6.89. The molecule has 1 atom stereocenters. The zero-order chi connectivity index (χ0) is 28.6. The van der Waals surface area contributed by atoms with Gasteiger partial charge in [-0.3, -0.25) is 4.79 Å². The number of hydrogen-bond donors (Lipinski definition) is 2. The molecule has 0 radical (unpaired) electrons. The van der Waals surface area contributed by atoms with E-state index >= 15 is 0 Å². The zero-order valence-corrected chi connectivity index (χ0v) is 20.4. The minimum Gasteiger partial charge on any atom is -0.497 e. The van der Waals surface area contributed by atoms with Crippen LogP contribution in [-0.2, 0) is 18.3 Å². The van der Waals surface area contributed by atoms with E-state index in [4.69, 9.17) is 14.9 Å². The van der Waals surface area contributed by atoms with Gasteiger partial charge >= 0.3 is 12.4 Å². The molecule has 1 aliphatic rings. The molecule has 1 aliphatic heterocycles. The third-order valence-corrected chi connectivity index (χ3v) is 6.30. The van der Waals surface area contributed by atoms with Gasteiger partial charge in [0.05, 0.1) is 18.4 Å². The first-order valence-electron chi connectivity index (χ1n) is 11.7. The highest BCUT2D eigenvalue weighted by Gasteiger charge is 2.58. The number of anilines is 1. The summed E-state index contributed by atoms with van der Waals surface area (Å²) in [5.41, 5.74) is -0.984. The minimum atomic E-state index is -5.20. The van der Waals surface area contributed by atoms with Crippen molar-refractivity contribution >= 4 is 11.6 Å². The second-order valence-electron chi connectivity index (χ2n) is 8.98. The molecule has 2 aromatic heterocycles. The maximum atomic E-state index is 14.0. The Balaban J connectivity index is 1.85. The van der Waals surface area contributed by atoms with Crippen LogP contribution in [0.4, 0.5) is 32.0 Å². The molecule has 9 nitrogen and oxygen atoms in total. The fourth-order valence-corrected chi connectivity index (χ4v) is 4.15. The van der Waals surface area contributed by atoms with Gasteiger partial charge < -0.3 is 24.9 Å². The molecule has 1 amide bonds. The molecular formula is C24H23F6N5O4. The van der Waals surface area contributed by atoms with Gasteiger partial charge in [-0.1, -0.05) is 18.6 Å². The number of aromatic nitrogens is 3. The molecule has 210 valence electrons. The van der Waals surface area contributed by atoms with Crippen LogP contribution in [0.5, 0.6) is 5.75 Å². The Morgan fingerprint density at radius 3 is 2.38 bits per heavy atom. The predicted octanol–water partition coefficient (Wildman–Crippen LogP) is 4.71. The van der Waals surface area contributed by atoms with Crippen LogP contribution < -0.4 is 10.5 Å². The smallest absolute Gasteiger partial charge is 0.426 e. The Kier molecular flexibility index (Phi) is 7.47. The fraction of sp³-hybridized carbons (Fsp3) is 0.417. The number of halogens is 6. The number of nitrogen functional groups attached to an aromatic ring is 1. The molecule has 0 spiro atoms. The number of benzene rings is 1. The minimum absolute atomic E-state index is 0.0956. The van der Waals surface area contributed by atoms with Crippen molar-refractivity contribution in [2.24, 2.45) is 0 Å². The molecule has 0 unspecified atom stereocenters. The molecule has 3 aromatic rings. The third kappa shape index (κ3) is 5.62. The molecule has 3 N–H and O–H groups in total. The van der Waals surface area contributed by atoms with Gasteiger partial charge in [-0.05, 0) is 43.0 Å². The number of pyridine rings is 1. The topological polar surface area (TPSA) is 128 Å². The van der Waals surface area contributed by atoms with Crippen LogP contribution in [0.1, 0.15) is 53.2 Å². The highest BCUT2D eigenvalue weighted by atomic mass is 19.4. The highest BCUT2D eigenvalue weighted by Crippen LogP contribution is 2.43. The monoisotopic (exact) mass is 559 g/mol. The van der Waals surface area contributed by atoms with Gasteiger partial charge in [0.25, 0.3) is 17.7 Å². The number of alkyl halides is 6. The van der Waals surface area contributed by atoms with Crippen LogP contribution in [0.3, 0.4) is 0 Å². The van der Waals surface area contributed by atoms with Gasteiger partial charge in [-0.15, -0.1) is 10.2 Å². The zero-order valence-electron chi connectivity index (χ0n) is 20.4. The van der Waals surface area contributed by atoms with Crippen LogP contribution in [0.25, 0.3) is 11.6 Å². The molecule has 3 heterocycles. The highest BCUT2D eigenvalue weighted by molar-refractivity contribution is 5.95. The molecule has 4 bridgehead atoms. The SMILES string of the molecule is COc1ccc(CN2CCCCC[C@](O)(C(F)(F)F)c3nnc(o3)-c3nc(c(C(F)(F)F)cc3N)C2=O)cc1. The maximum Gasteiger partial charge on any atom is 0.426 e. The number of aliphatic hydroxyl groups is 1. The number of carbonyl (C=O) groups excluding carboxylic acids is 1. The van der Waals surface area contributed by atoms with E-state index in [1.54, 1.807) is 24.3 Å². The van der Waals surface area contributed by atoms with E-state index in [2.05, 4.69) is 15.2 Å². The Morgan fingerprint density at radius 2 is 1.77 bits per heavy atom. The Hall–Kier alpha value is -3.88. The average Bonchev–Trinajstić information content (AvgIpc) is 3.36. The standard InChI is InChI=1S/C24H23F6N5O4/c1-38-14-7-5-13(6-8-14)12-35-10-4-2-3-9-22(37,24(28,29)30)21-34-33-19(39-21)18-16(31)11-15(23(25,26)27)17(32-18)20(35)36/h5-8,11,37H,2-4,9-10,12,31H2,1H3/t22-/m1/s1. The Bertz CT molecular complexity index is 1340. The summed E-state index contributed by atoms with van der Waals surface area (Å²) in [7, 11) is 1.45. The molecule has 39 heavy (non-hydrogen) atoms. The fourth-order valence-electron chi connectivity index (χ4n) is 4.15. The number of nitrogens with zero attached hydrogens (tertiary/aromatic N) is 4. The maximum absolute atomic E-state index is 14.0. The number of rotatable bonds is 3. The van der Waals surface area contributed by atoms with Gasteiger partial charge in [-0.2, -0.15) is 26.3 Å². The van der Waals surface area contributed by atoms with Crippen LogP contribution in [0.15, 0.2) is 34.7 Å². The summed E-state index contributed by atoms with van der Waals surface area (Å²) < 4.78 is 93.6. The van der Waals surface area contributed by atoms with Crippen LogP contribution in [0, 0.1) is 0 Å². The number of ether oxygens (including phenoxy) is 1. The number of amides is 1. The molecule has 0 saturated heterocycles. The van der Waals surface area contributed by atoms with E-state index in [9.17, 15) is 36.2 Å². The van der Waals surface area contributed by atoms with Crippen LogP contribution >= 0.6 is 0 Å². The largest absolute Gasteiger partial charge is 0.497 e. The average molecular weight is 559 g/mol. The van der Waals surface area contributed by atoms with Crippen molar-refractivity contribution < 1.29 is 45.4 Å². The number of carbonyl (C=O) groups is 1. The van der Waals surface area contributed by atoms with Crippen molar-refractivity contribution in [1.29, 1.82) is 0 Å². The molecule has 15 heteroatoms. The molecule has 4 rings (SSSR count). The van der Waals surface area contributed by atoms with Crippen molar-refractivity contribution in [3.63, 3.8) is 0 Å². The molecule has 0 saturated carbocycles. The summed E-state index contributed by atoms with van der Waals surface area (Å²) in [6.07, 6.45) is -11.0. The van der Waals surface area contributed by atoms with E-state index in [1.807, 2.05) is 0 Å². The van der Waals surface area contributed by atoms with Gasteiger partial charge in [0, 0.05) is 13.1 Å². The number of fused-ring (bicyclic) bond motifs is 5. The second kappa shape index (κ2) is 10.4. The summed E-state index contributed by atoms with van der Waals surface area (Å²) in [4.78, 5) is 18.4. The van der Waals surface area contributed by atoms with Gasteiger partial charge in [0.1, 0.15) is 11.4 Å². The first kappa shape index (κ1) is 28.1. The summed E-state index contributed by atoms with van der Waals surface area (Å²) >= 11 is 0. The molecular weight excluding hydrogens is 536 g/mol. The number of nitrogens with two attached hydrogens (primary N) is 1. The van der Waals surface area contributed by atoms with Crippen molar-refractivity contribution in [3.8, 4) is 17.3 Å². The third-order valence-electron chi connectivity index (χ3n) is 6.30. The first-order chi connectivity index (χ1) is 18.2. The van der Waals surface area contributed by atoms with E-state index in [1.165, 1.54) is 7.11 Å². The number of hydrogen-bond acceptors (Lipinski definition) is 8. The lowest BCUT2D eigenvalue weighted by Crippen LogP contribution is -2.42. The van der Waals surface area contributed by atoms with Crippen molar-refractivity contribution in [1.82, 2.24) is 20.1 Å². The van der Waals surface area contributed by atoms with Gasteiger partial charge in [0.15, 0.2) is 5.69 Å². The molecule has 0 fully saturated rings. The van der Waals surface area contributed by atoms with Crippen LogP contribution in [0.2, 0.25) is 0 Å². The lowest BCUT2D eigenvalue weighted by molar-refractivity contribution is -0.277. The van der Waals surface area contributed by atoms with E-state index in [0.29, 0.717) is 17.4 Å². The second-order valence-corrected chi connectivity index (χ2v) is 8.98. The summed E-state index contributed by atoms with van der Waals surface area (Å²) in [5.74, 6) is -2.56. The lowest BCUT2D eigenvalue weighted by Gasteiger charge is -2.27. The summed E-state index contributed by atoms with van der Waals surface area (Å²) in [6.45, 7) is -0.231. The van der Waals surface area contributed by atoms with E-state index < -0.39 is 64.7 Å². The Morgan fingerprint density at radius 1 is 1.08 bits per heavy atom. The lowest BCUT2D eigenvalue weighted by atomic mass is 9.95. The van der Waals surface area contributed by atoms with E-state index in [0.717, 1.165) is 4.90 Å². The van der Waals surface area contributed by atoms with Crippen molar-refractivity contribution in [2.75, 3.05) is 19.4 Å². The van der Waals surface area contributed by atoms with Crippen LogP contribution in [-0.4, -0.2) is 50.9 Å². The van der Waals surface area contributed by atoms with E-state index in [-0.39, 0.29) is 32.4 Å². The van der Waals surface area contributed by atoms with Gasteiger partial charge in [-0.25, -0.2) is 4.98 Å². The first-order valence-corrected chi connectivity index (χ1v) is 11.7. The quantitative estimate of drug-likeness (QED) is 0.442. The number of methoxy groups -OCH3 is 1. The molecule has 1 aromatic carbocycles. The predicted molar refractivity (Wildman–Crippen MR) is 123 cm³/mol. The van der Waals surface area contributed by atoms with Gasteiger partial charge in [0.2, 0.25) is 5.60 Å². The van der Waals surface area contributed by atoms with Crippen molar-refractivity contribution in [2.45, 2.75) is 50.2 Å². The van der Waals surface area contributed by atoms with Crippen molar-refractivity contribution in [3.05, 3.63) is 53.0 Å². The Labute approximate surface area is 217 Å². The normalized spacial score (nSPS) is 19.1.